The van der Waals surface area contributed by atoms with Crippen molar-refractivity contribution in [3.63, 3.8) is 0 Å². The highest BCUT2D eigenvalue weighted by atomic mass is 35.5. The van der Waals surface area contributed by atoms with Crippen molar-refractivity contribution in [1.82, 2.24) is 20.2 Å². The van der Waals surface area contributed by atoms with E-state index in [1.807, 2.05) is 0 Å². The van der Waals surface area contributed by atoms with Crippen LogP contribution in [0.2, 0.25) is 0 Å². The number of rotatable bonds is 3. The number of nitrogens with zero attached hydrogens (tertiary/aromatic N) is 4. The second-order valence-electron chi connectivity index (χ2n) is 3.72. The lowest BCUT2D eigenvalue weighted by Crippen LogP contribution is -2.11. The molecule has 1 unspecified atom stereocenters. The van der Waals surface area contributed by atoms with Gasteiger partial charge in [-0.15, -0.1) is 28.0 Å². The number of tetrazole rings is 1. The lowest BCUT2D eigenvalue weighted by Gasteiger charge is -2.12. The number of halogens is 1. The molecule has 0 aliphatic rings. The molecule has 0 saturated heterocycles. The average molecular weight is 257 g/mol. The van der Waals surface area contributed by atoms with Gasteiger partial charge in [0, 0.05) is 9.75 Å². The Kier molecular flexibility index (Phi) is 3.25. The summed E-state index contributed by atoms with van der Waals surface area (Å²) in [6, 6.07) is 2.32. The fourth-order valence-electron chi connectivity index (χ4n) is 1.80. The van der Waals surface area contributed by atoms with Crippen molar-refractivity contribution < 1.29 is 0 Å². The van der Waals surface area contributed by atoms with E-state index in [4.69, 9.17) is 11.6 Å². The second-order valence-corrected chi connectivity index (χ2v) is 5.45. The number of thiophene rings is 1. The maximum Gasteiger partial charge on any atom is 0.166 e. The number of hydrogen-bond acceptors (Lipinski definition) is 4. The van der Waals surface area contributed by atoms with Crippen LogP contribution >= 0.6 is 22.9 Å². The van der Waals surface area contributed by atoms with Crippen molar-refractivity contribution in [2.24, 2.45) is 0 Å². The van der Waals surface area contributed by atoms with Gasteiger partial charge in [-0.05, 0) is 42.8 Å². The normalized spacial score (nSPS) is 13.0. The third-order valence-electron chi connectivity index (χ3n) is 2.58. The van der Waals surface area contributed by atoms with Crippen LogP contribution in [0.15, 0.2) is 6.07 Å². The summed E-state index contributed by atoms with van der Waals surface area (Å²) in [5, 5.41) is 11.5. The fourth-order valence-corrected chi connectivity index (χ4v) is 2.99. The number of aryl methyl sites for hydroxylation is 2. The Morgan fingerprint density at radius 3 is 2.81 bits per heavy atom. The van der Waals surface area contributed by atoms with Gasteiger partial charge in [-0.25, -0.2) is 4.68 Å². The monoisotopic (exact) mass is 256 g/mol. The SMILES string of the molecule is Cc1cc(C(C)n2nnnc2CCl)c(C)s1. The van der Waals surface area contributed by atoms with Gasteiger partial charge in [-0.1, -0.05) is 0 Å². The van der Waals surface area contributed by atoms with Gasteiger partial charge in [0.05, 0.1) is 11.9 Å². The van der Waals surface area contributed by atoms with Crippen LogP contribution in [-0.2, 0) is 5.88 Å². The fraction of sp³-hybridized carbons (Fsp3) is 0.500. The van der Waals surface area contributed by atoms with Gasteiger partial charge in [0.25, 0.3) is 0 Å². The summed E-state index contributed by atoms with van der Waals surface area (Å²) in [6.45, 7) is 6.31. The van der Waals surface area contributed by atoms with Crippen LogP contribution < -0.4 is 0 Å². The first-order chi connectivity index (χ1) is 7.63. The first-order valence-electron chi connectivity index (χ1n) is 5.03. The van der Waals surface area contributed by atoms with E-state index in [2.05, 4.69) is 42.4 Å². The van der Waals surface area contributed by atoms with Crippen molar-refractivity contribution in [3.8, 4) is 0 Å². The van der Waals surface area contributed by atoms with Gasteiger partial charge in [-0.2, -0.15) is 0 Å². The van der Waals surface area contributed by atoms with Crippen LogP contribution in [0.3, 0.4) is 0 Å². The maximum absolute atomic E-state index is 5.79. The van der Waals surface area contributed by atoms with Gasteiger partial charge < -0.3 is 0 Å². The minimum absolute atomic E-state index is 0.133. The lowest BCUT2D eigenvalue weighted by atomic mass is 10.1. The third kappa shape index (κ3) is 1.97. The molecular formula is C10H13ClN4S. The van der Waals surface area contributed by atoms with E-state index in [-0.39, 0.29) is 6.04 Å². The number of alkyl halides is 1. The minimum Gasteiger partial charge on any atom is -0.221 e. The van der Waals surface area contributed by atoms with Gasteiger partial charge in [0.1, 0.15) is 0 Å². The molecule has 0 fully saturated rings. The van der Waals surface area contributed by atoms with E-state index in [1.54, 1.807) is 16.0 Å². The first-order valence-corrected chi connectivity index (χ1v) is 6.38. The maximum atomic E-state index is 5.79. The minimum atomic E-state index is 0.133. The molecule has 0 aliphatic carbocycles. The molecule has 86 valence electrons. The van der Waals surface area contributed by atoms with Gasteiger partial charge in [-0.3, -0.25) is 0 Å². The standard InChI is InChI=1S/C10H13ClN4S/c1-6-4-9(8(3)16-6)7(2)15-10(5-11)12-13-14-15/h4,7H,5H2,1-3H3. The highest BCUT2D eigenvalue weighted by molar-refractivity contribution is 7.12. The van der Waals surface area contributed by atoms with E-state index in [0.29, 0.717) is 11.7 Å². The average Bonchev–Trinajstić information content (AvgIpc) is 2.83. The zero-order chi connectivity index (χ0) is 11.7. The van der Waals surface area contributed by atoms with E-state index in [1.165, 1.54) is 15.3 Å². The summed E-state index contributed by atoms with van der Waals surface area (Å²) >= 11 is 7.58. The predicted molar refractivity (Wildman–Crippen MR) is 65.0 cm³/mol. The smallest absolute Gasteiger partial charge is 0.166 e. The quantitative estimate of drug-likeness (QED) is 0.793. The van der Waals surface area contributed by atoms with Crippen molar-refractivity contribution in [2.75, 3.05) is 0 Å². The summed E-state index contributed by atoms with van der Waals surface area (Å²) in [5.74, 6) is 1.04. The van der Waals surface area contributed by atoms with E-state index in [9.17, 15) is 0 Å². The predicted octanol–water partition coefficient (Wildman–Crippen LogP) is 2.70. The van der Waals surface area contributed by atoms with Crippen LogP contribution in [0, 0.1) is 13.8 Å². The summed E-state index contributed by atoms with van der Waals surface area (Å²) in [5.41, 5.74) is 1.26. The van der Waals surface area contributed by atoms with Crippen LogP contribution in [0.5, 0.6) is 0 Å². The Morgan fingerprint density at radius 1 is 1.50 bits per heavy atom. The molecular weight excluding hydrogens is 244 g/mol. The molecule has 2 heterocycles. The van der Waals surface area contributed by atoms with Crippen LogP contribution in [-0.4, -0.2) is 20.2 Å². The van der Waals surface area contributed by atoms with Crippen molar-refractivity contribution >= 4 is 22.9 Å². The van der Waals surface area contributed by atoms with Gasteiger partial charge in [0.15, 0.2) is 5.82 Å². The molecule has 0 amide bonds. The molecule has 6 heteroatoms. The number of hydrogen-bond donors (Lipinski definition) is 0. The Morgan fingerprint density at radius 2 is 2.25 bits per heavy atom. The summed E-state index contributed by atoms with van der Waals surface area (Å²) in [6.07, 6.45) is 0. The molecule has 2 rings (SSSR count). The summed E-state index contributed by atoms with van der Waals surface area (Å²) in [7, 11) is 0. The van der Waals surface area contributed by atoms with Gasteiger partial charge in [0.2, 0.25) is 0 Å². The molecule has 0 aliphatic heterocycles. The first kappa shape index (κ1) is 11.5. The second kappa shape index (κ2) is 4.51. The molecule has 2 aromatic rings. The molecule has 0 aromatic carbocycles. The molecule has 0 spiro atoms. The molecule has 16 heavy (non-hydrogen) atoms. The van der Waals surface area contributed by atoms with Crippen molar-refractivity contribution in [1.29, 1.82) is 0 Å². The zero-order valence-electron chi connectivity index (χ0n) is 9.44. The highest BCUT2D eigenvalue weighted by Gasteiger charge is 2.17. The third-order valence-corrected chi connectivity index (χ3v) is 3.80. The topological polar surface area (TPSA) is 43.6 Å². The van der Waals surface area contributed by atoms with Crippen LogP contribution in [0.4, 0.5) is 0 Å². The largest absolute Gasteiger partial charge is 0.221 e. The van der Waals surface area contributed by atoms with E-state index >= 15 is 0 Å². The Labute approximate surface area is 103 Å². The Bertz CT molecular complexity index is 491. The molecule has 0 saturated carbocycles. The summed E-state index contributed by atoms with van der Waals surface area (Å²) < 4.78 is 1.78. The lowest BCUT2D eigenvalue weighted by molar-refractivity contribution is 0.528. The molecule has 0 bridgehead atoms. The highest BCUT2D eigenvalue weighted by Crippen LogP contribution is 2.28. The van der Waals surface area contributed by atoms with Crippen molar-refractivity contribution in [2.45, 2.75) is 32.7 Å². The molecule has 1 atom stereocenters. The molecule has 0 N–H and O–H groups in total. The Balaban J connectivity index is 2.38. The van der Waals surface area contributed by atoms with Gasteiger partial charge >= 0.3 is 0 Å². The van der Waals surface area contributed by atoms with E-state index in [0.717, 1.165) is 0 Å². The molecule has 0 radical (unpaired) electrons. The van der Waals surface area contributed by atoms with Crippen LogP contribution in [0.1, 0.15) is 34.1 Å². The summed E-state index contributed by atoms with van der Waals surface area (Å²) in [4.78, 5) is 2.61. The zero-order valence-corrected chi connectivity index (χ0v) is 11.0. The Hall–Kier alpha value is -0.940. The molecule has 4 nitrogen and oxygen atoms in total. The van der Waals surface area contributed by atoms with Crippen molar-refractivity contribution in [3.05, 3.63) is 27.2 Å². The number of aromatic nitrogens is 4. The van der Waals surface area contributed by atoms with E-state index < -0.39 is 0 Å². The van der Waals surface area contributed by atoms with Crippen LogP contribution in [0.25, 0.3) is 0 Å². The molecule has 2 aromatic heterocycles.